The van der Waals surface area contributed by atoms with E-state index in [0.29, 0.717) is 5.69 Å². The third-order valence-electron chi connectivity index (χ3n) is 4.48. The third kappa shape index (κ3) is 5.73. The van der Waals surface area contributed by atoms with Crippen LogP contribution in [-0.2, 0) is 4.79 Å². The molecule has 3 aromatic carbocycles. The zero-order chi connectivity index (χ0) is 24.8. The van der Waals surface area contributed by atoms with Gasteiger partial charge in [-0.1, -0.05) is 23.7 Å². The van der Waals surface area contributed by atoms with Crippen molar-refractivity contribution >= 4 is 40.6 Å². The number of rotatable bonds is 7. The summed E-state index contributed by atoms with van der Waals surface area (Å²) in [6, 6.07) is 16.0. The maximum Gasteiger partial charge on any atom is 0.318 e. The number of non-ortho nitro benzene ring substituents is 1. The highest BCUT2D eigenvalue weighted by Crippen LogP contribution is 2.37. The van der Waals surface area contributed by atoms with E-state index in [0.717, 1.165) is 23.8 Å². The Hall–Kier alpha value is -4.75. The molecule has 0 aromatic heterocycles. The molecule has 0 radical (unpaired) electrons. The van der Waals surface area contributed by atoms with Crippen LogP contribution in [0.2, 0.25) is 5.02 Å². The number of hydrogen-bond donors (Lipinski definition) is 1. The number of carbonyl (C=O) groups excluding carboxylic acids is 1. The van der Waals surface area contributed by atoms with Crippen molar-refractivity contribution in [3.63, 3.8) is 0 Å². The summed E-state index contributed by atoms with van der Waals surface area (Å²) in [4.78, 5) is 33.4. The number of nitrogens with zero attached hydrogens (tertiary/aromatic N) is 3. The minimum atomic E-state index is -0.816. The Bertz CT molecular complexity index is 1380. The predicted octanol–water partition coefficient (Wildman–Crippen LogP) is 5.80. The first-order chi connectivity index (χ1) is 16.2. The second kappa shape index (κ2) is 10.2. The second-order valence-electron chi connectivity index (χ2n) is 6.94. The number of aryl methyl sites for hydroxylation is 1. The van der Waals surface area contributed by atoms with E-state index < -0.39 is 27.1 Å². The molecule has 0 atom stereocenters. The molecule has 0 unspecified atom stereocenters. The van der Waals surface area contributed by atoms with Crippen molar-refractivity contribution in [2.45, 2.75) is 6.92 Å². The average Bonchev–Trinajstić information content (AvgIpc) is 2.78. The zero-order valence-electron chi connectivity index (χ0n) is 17.5. The van der Waals surface area contributed by atoms with Crippen LogP contribution in [0.4, 0.5) is 17.1 Å². The standard InChI is InChI=1S/C23H15ClN4O6/c1-14-3-2-4-18(9-14)26-23(29)16(13-25)10-15-11-17(24)5-7-21(15)34-22-8-6-19(27(30)31)12-20(22)28(32)33/h2-12H,1H3,(H,26,29)/b16-10+. The van der Waals surface area contributed by atoms with Crippen LogP contribution in [0.15, 0.2) is 66.2 Å². The van der Waals surface area contributed by atoms with Gasteiger partial charge in [-0.25, -0.2) is 0 Å². The van der Waals surface area contributed by atoms with E-state index in [2.05, 4.69) is 5.32 Å². The normalized spacial score (nSPS) is 10.8. The minimum absolute atomic E-state index is 0.0393. The van der Waals surface area contributed by atoms with Crippen LogP contribution in [0, 0.1) is 38.5 Å². The lowest BCUT2D eigenvalue weighted by Gasteiger charge is -2.10. The van der Waals surface area contributed by atoms with Gasteiger partial charge in [-0.15, -0.1) is 0 Å². The molecule has 170 valence electrons. The highest BCUT2D eigenvalue weighted by Gasteiger charge is 2.22. The summed E-state index contributed by atoms with van der Waals surface area (Å²) in [5.41, 5.74) is 0.222. The number of nitriles is 1. The largest absolute Gasteiger partial charge is 0.449 e. The summed E-state index contributed by atoms with van der Waals surface area (Å²) in [6.45, 7) is 1.85. The van der Waals surface area contributed by atoms with Crippen molar-refractivity contribution in [3.8, 4) is 17.6 Å². The molecule has 34 heavy (non-hydrogen) atoms. The Morgan fingerprint density at radius 1 is 1.06 bits per heavy atom. The van der Waals surface area contributed by atoms with Crippen LogP contribution in [-0.4, -0.2) is 15.8 Å². The predicted molar refractivity (Wildman–Crippen MR) is 125 cm³/mol. The summed E-state index contributed by atoms with van der Waals surface area (Å²) < 4.78 is 5.64. The number of ether oxygens (including phenoxy) is 1. The molecule has 0 bridgehead atoms. The van der Waals surface area contributed by atoms with Gasteiger partial charge in [0, 0.05) is 22.3 Å². The lowest BCUT2D eigenvalue weighted by molar-refractivity contribution is -0.394. The van der Waals surface area contributed by atoms with E-state index in [4.69, 9.17) is 16.3 Å². The molecule has 10 nitrogen and oxygen atoms in total. The number of nitro groups is 2. The fourth-order valence-electron chi connectivity index (χ4n) is 2.92. The van der Waals surface area contributed by atoms with Gasteiger partial charge in [-0.3, -0.25) is 25.0 Å². The van der Waals surface area contributed by atoms with Gasteiger partial charge in [0.1, 0.15) is 17.4 Å². The summed E-state index contributed by atoms with van der Waals surface area (Å²) in [5, 5.41) is 34.8. The van der Waals surface area contributed by atoms with E-state index in [-0.39, 0.29) is 27.7 Å². The van der Waals surface area contributed by atoms with Crippen LogP contribution >= 0.6 is 11.6 Å². The van der Waals surface area contributed by atoms with Gasteiger partial charge in [0.15, 0.2) is 0 Å². The summed E-state index contributed by atoms with van der Waals surface area (Å²) in [5.74, 6) is -0.909. The molecular weight excluding hydrogens is 464 g/mol. The quantitative estimate of drug-likeness (QED) is 0.195. The van der Waals surface area contributed by atoms with E-state index in [1.165, 1.54) is 24.3 Å². The fourth-order valence-corrected chi connectivity index (χ4v) is 3.10. The molecule has 1 N–H and O–H groups in total. The third-order valence-corrected chi connectivity index (χ3v) is 4.72. The Kier molecular flexibility index (Phi) is 7.20. The number of nitro benzene ring substituents is 2. The molecule has 1 amide bonds. The highest BCUT2D eigenvalue weighted by molar-refractivity contribution is 6.30. The van der Waals surface area contributed by atoms with E-state index in [9.17, 15) is 30.3 Å². The molecule has 0 saturated carbocycles. The summed E-state index contributed by atoms with van der Waals surface area (Å²) in [6.07, 6.45) is 1.23. The number of halogens is 1. The van der Waals surface area contributed by atoms with Gasteiger partial charge >= 0.3 is 5.69 Å². The van der Waals surface area contributed by atoms with Crippen molar-refractivity contribution in [1.29, 1.82) is 5.26 Å². The topological polar surface area (TPSA) is 148 Å². The van der Waals surface area contributed by atoms with Crippen molar-refractivity contribution in [2.24, 2.45) is 0 Å². The van der Waals surface area contributed by atoms with Crippen molar-refractivity contribution in [3.05, 3.63) is 103 Å². The van der Waals surface area contributed by atoms with Crippen LogP contribution < -0.4 is 10.1 Å². The summed E-state index contributed by atoms with van der Waals surface area (Å²) in [7, 11) is 0. The van der Waals surface area contributed by atoms with Gasteiger partial charge < -0.3 is 10.1 Å². The molecule has 0 aliphatic carbocycles. The number of amides is 1. The molecule has 11 heteroatoms. The molecule has 0 aliphatic rings. The van der Waals surface area contributed by atoms with Crippen LogP contribution in [0.1, 0.15) is 11.1 Å². The van der Waals surface area contributed by atoms with Gasteiger partial charge in [0.2, 0.25) is 5.75 Å². The molecule has 0 heterocycles. The Balaban J connectivity index is 1.98. The second-order valence-corrected chi connectivity index (χ2v) is 7.38. The van der Waals surface area contributed by atoms with Gasteiger partial charge in [-0.2, -0.15) is 5.26 Å². The molecule has 0 spiro atoms. The number of anilines is 1. The van der Waals surface area contributed by atoms with E-state index >= 15 is 0 Å². The Morgan fingerprint density at radius 2 is 1.79 bits per heavy atom. The number of carbonyl (C=O) groups is 1. The molecule has 0 aliphatic heterocycles. The zero-order valence-corrected chi connectivity index (χ0v) is 18.3. The molecule has 0 fully saturated rings. The van der Waals surface area contributed by atoms with Crippen LogP contribution in [0.5, 0.6) is 11.5 Å². The first kappa shape index (κ1) is 23.9. The molecule has 3 aromatic rings. The molecule has 0 saturated heterocycles. The van der Waals surface area contributed by atoms with Crippen molar-refractivity contribution < 1.29 is 19.4 Å². The maximum absolute atomic E-state index is 12.6. The lowest BCUT2D eigenvalue weighted by atomic mass is 10.1. The number of hydrogen-bond acceptors (Lipinski definition) is 7. The van der Waals surface area contributed by atoms with Crippen molar-refractivity contribution in [1.82, 2.24) is 0 Å². The van der Waals surface area contributed by atoms with Crippen molar-refractivity contribution in [2.75, 3.05) is 5.32 Å². The molecule has 3 rings (SSSR count). The Labute approximate surface area is 198 Å². The Morgan fingerprint density at radius 3 is 2.44 bits per heavy atom. The number of benzene rings is 3. The first-order valence-corrected chi connectivity index (χ1v) is 9.96. The lowest BCUT2D eigenvalue weighted by Crippen LogP contribution is -2.13. The maximum atomic E-state index is 12.6. The van der Waals surface area contributed by atoms with Crippen LogP contribution in [0.25, 0.3) is 6.08 Å². The van der Waals surface area contributed by atoms with Crippen LogP contribution in [0.3, 0.4) is 0 Å². The number of nitrogens with one attached hydrogen (secondary N) is 1. The monoisotopic (exact) mass is 478 g/mol. The average molecular weight is 479 g/mol. The smallest absolute Gasteiger partial charge is 0.318 e. The van der Waals surface area contributed by atoms with Gasteiger partial charge in [0.25, 0.3) is 11.6 Å². The fraction of sp³-hybridized carbons (Fsp3) is 0.0435. The van der Waals surface area contributed by atoms with Gasteiger partial charge in [-0.05, 0) is 55.0 Å². The SMILES string of the molecule is Cc1cccc(NC(=O)/C(C#N)=C/c2cc(Cl)ccc2Oc2ccc([N+](=O)[O-])cc2[N+](=O)[O-])c1. The van der Waals surface area contributed by atoms with E-state index in [1.807, 2.05) is 19.1 Å². The minimum Gasteiger partial charge on any atom is -0.449 e. The first-order valence-electron chi connectivity index (χ1n) is 9.58. The molecular formula is C23H15ClN4O6. The van der Waals surface area contributed by atoms with Gasteiger partial charge in [0.05, 0.1) is 15.9 Å². The summed E-state index contributed by atoms with van der Waals surface area (Å²) >= 11 is 6.06. The highest BCUT2D eigenvalue weighted by atomic mass is 35.5. The van der Waals surface area contributed by atoms with E-state index in [1.54, 1.807) is 18.2 Å².